The topological polar surface area (TPSA) is 67.4 Å². The van der Waals surface area contributed by atoms with E-state index < -0.39 is 0 Å². The van der Waals surface area contributed by atoms with Gasteiger partial charge in [0.2, 0.25) is 11.8 Å². The Kier molecular flexibility index (Phi) is 9.40. The molecule has 0 aromatic heterocycles. The maximum Gasteiger partial charge on any atom is 0.244 e. The second-order valence-electron chi connectivity index (χ2n) is 5.25. The molecule has 1 rings (SSSR count). The van der Waals surface area contributed by atoms with Crippen molar-refractivity contribution in [2.45, 2.75) is 33.1 Å². The fourth-order valence-corrected chi connectivity index (χ4v) is 1.85. The second-order valence-corrected chi connectivity index (χ2v) is 5.25. The Bertz CT molecular complexity index is 510. The molecule has 0 aliphatic heterocycles. The number of hydrogen-bond acceptors (Lipinski definition) is 3. The highest BCUT2D eigenvalue weighted by atomic mass is 16.5. The van der Waals surface area contributed by atoms with Crippen molar-refractivity contribution in [1.82, 2.24) is 5.32 Å². The van der Waals surface area contributed by atoms with Gasteiger partial charge in [0, 0.05) is 38.4 Å². The maximum atomic E-state index is 11.7. The van der Waals surface area contributed by atoms with Crippen LogP contribution in [0.25, 0.3) is 6.08 Å². The van der Waals surface area contributed by atoms with E-state index in [9.17, 15) is 9.59 Å². The number of carbonyl (C=O) groups is 2. The summed E-state index contributed by atoms with van der Waals surface area (Å²) in [4.78, 5) is 22.6. The first-order valence-electron chi connectivity index (χ1n) is 8.03. The fourth-order valence-electron chi connectivity index (χ4n) is 1.85. The maximum absolute atomic E-state index is 11.7. The largest absolute Gasteiger partial charge is 0.381 e. The lowest BCUT2D eigenvalue weighted by atomic mass is 10.2. The predicted octanol–water partition coefficient (Wildman–Crippen LogP) is 2.98. The summed E-state index contributed by atoms with van der Waals surface area (Å²) in [6, 6.07) is 7.28. The quantitative estimate of drug-likeness (QED) is 0.515. The molecule has 23 heavy (non-hydrogen) atoms. The van der Waals surface area contributed by atoms with E-state index in [4.69, 9.17) is 4.74 Å². The van der Waals surface area contributed by atoms with E-state index in [1.165, 1.54) is 13.0 Å². The summed E-state index contributed by atoms with van der Waals surface area (Å²) in [5.41, 5.74) is 1.64. The molecule has 0 aliphatic rings. The van der Waals surface area contributed by atoms with Gasteiger partial charge in [-0.05, 0) is 36.6 Å². The molecule has 2 amide bonds. The normalized spacial score (nSPS) is 10.7. The number of benzene rings is 1. The molecule has 0 spiro atoms. The SMILES string of the molecule is CCCCOCCCNC(=O)/C=C/c1ccc(NC(C)=O)cc1. The number of hydrogen-bond donors (Lipinski definition) is 2. The van der Waals surface area contributed by atoms with Gasteiger partial charge in [-0.2, -0.15) is 0 Å². The lowest BCUT2D eigenvalue weighted by Crippen LogP contribution is -2.23. The molecule has 0 heterocycles. The monoisotopic (exact) mass is 318 g/mol. The van der Waals surface area contributed by atoms with Gasteiger partial charge in [0.25, 0.3) is 0 Å². The van der Waals surface area contributed by atoms with Gasteiger partial charge in [-0.3, -0.25) is 9.59 Å². The van der Waals surface area contributed by atoms with Crippen LogP contribution in [-0.4, -0.2) is 31.6 Å². The lowest BCUT2D eigenvalue weighted by Gasteiger charge is -2.04. The average molecular weight is 318 g/mol. The van der Waals surface area contributed by atoms with Gasteiger partial charge in [0.15, 0.2) is 0 Å². The first kappa shape index (κ1) is 18.9. The van der Waals surface area contributed by atoms with Crippen LogP contribution >= 0.6 is 0 Å². The molecule has 0 unspecified atom stereocenters. The van der Waals surface area contributed by atoms with Gasteiger partial charge in [-0.1, -0.05) is 25.5 Å². The highest BCUT2D eigenvalue weighted by molar-refractivity contribution is 5.92. The number of amides is 2. The van der Waals surface area contributed by atoms with Crippen LogP contribution in [0.1, 0.15) is 38.7 Å². The van der Waals surface area contributed by atoms with Gasteiger partial charge in [-0.25, -0.2) is 0 Å². The number of anilines is 1. The van der Waals surface area contributed by atoms with Crippen LogP contribution in [0.15, 0.2) is 30.3 Å². The van der Waals surface area contributed by atoms with Crippen LogP contribution in [0.5, 0.6) is 0 Å². The van der Waals surface area contributed by atoms with Crippen LogP contribution in [-0.2, 0) is 14.3 Å². The van der Waals surface area contributed by atoms with Crippen LogP contribution in [0, 0.1) is 0 Å². The molecule has 0 radical (unpaired) electrons. The predicted molar refractivity (Wildman–Crippen MR) is 93.1 cm³/mol. The van der Waals surface area contributed by atoms with Crippen molar-refractivity contribution < 1.29 is 14.3 Å². The Morgan fingerprint density at radius 2 is 1.83 bits per heavy atom. The molecule has 0 atom stereocenters. The Labute approximate surface area is 138 Å². The van der Waals surface area contributed by atoms with E-state index in [2.05, 4.69) is 17.6 Å². The van der Waals surface area contributed by atoms with E-state index in [1.54, 1.807) is 18.2 Å². The van der Waals surface area contributed by atoms with Crippen molar-refractivity contribution in [2.24, 2.45) is 0 Å². The molecule has 0 aliphatic carbocycles. The van der Waals surface area contributed by atoms with Crippen LogP contribution < -0.4 is 10.6 Å². The molecule has 5 heteroatoms. The Morgan fingerprint density at radius 1 is 1.13 bits per heavy atom. The van der Waals surface area contributed by atoms with Gasteiger partial charge in [0.05, 0.1) is 0 Å². The summed E-state index contributed by atoms with van der Waals surface area (Å²) >= 11 is 0. The van der Waals surface area contributed by atoms with Crippen molar-refractivity contribution in [1.29, 1.82) is 0 Å². The standard InChI is InChI=1S/C18H26N2O3/c1-3-4-13-23-14-5-12-19-18(22)11-8-16-6-9-17(10-7-16)20-15(2)21/h6-11H,3-5,12-14H2,1-2H3,(H,19,22)(H,20,21)/b11-8+. The summed E-state index contributed by atoms with van der Waals surface area (Å²) < 4.78 is 5.42. The Morgan fingerprint density at radius 3 is 2.48 bits per heavy atom. The molecule has 126 valence electrons. The van der Waals surface area contributed by atoms with E-state index in [0.717, 1.165) is 37.1 Å². The lowest BCUT2D eigenvalue weighted by molar-refractivity contribution is -0.116. The van der Waals surface area contributed by atoms with Crippen molar-refractivity contribution >= 4 is 23.6 Å². The van der Waals surface area contributed by atoms with Gasteiger partial charge in [-0.15, -0.1) is 0 Å². The molecule has 5 nitrogen and oxygen atoms in total. The van der Waals surface area contributed by atoms with E-state index in [1.807, 2.05) is 12.1 Å². The van der Waals surface area contributed by atoms with E-state index in [-0.39, 0.29) is 11.8 Å². The molecule has 1 aromatic rings. The highest BCUT2D eigenvalue weighted by Crippen LogP contribution is 2.10. The molecular weight excluding hydrogens is 292 g/mol. The molecule has 1 aromatic carbocycles. The third-order valence-corrected chi connectivity index (χ3v) is 3.07. The van der Waals surface area contributed by atoms with E-state index >= 15 is 0 Å². The van der Waals surface area contributed by atoms with Gasteiger partial charge in [0.1, 0.15) is 0 Å². The Hall–Kier alpha value is -2.14. The van der Waals surface area contributed by atoms with Crippen molar-refractivity contribution in [2.75, 3.05) is 25.1 Å². The van der Waals surface area contributed by atoms with Gasteiger partial charge < -0.3 is 15.4 Å². The third kappa shape index (κ3) is 9.47. The second kappa shape index (κ2) is 11.4. The first-order chi connectivity index (χ1) is 11.1. The molecule has 0 saturated carbocycles. The minimum atomic E-state index is -0.121. The number of ether oxygens (including phenoxy) is 1. The van der Waals surface area contributed by atoms with Crippen molar-refractivity contribution in [3.8, 4) is 0 Å². The zero-order chi connectivity index (χ0) is 16.9. The van der Waals surface area contributed by atoms with Crippen molar-refractivity contribution in [3.63, 3.8) is 0 Å². The minimum Gasteiger partial charge on any atom is -0.381 e. The molecule has 0 saturated heterocycles. The molecule has 2 N–H and O–H groups in total. The van der Waals surface area contributed by atoms with E-state index in [0.29, 0.717) is 13.2 Å². The summed E-state index contributed by atoms with van der Waals surface area (Å²) in [5.74, 6) is -0.226. The number of carbonyl (C=O) groups excluding carboxylic acids is 2. The third-order valence-electron chi connectivity index (χ3n) is 3.07. The highest BCUT2D eigenvalue weighted by Gasteiger charge is 1.97. The average Bonchev–Trinajstić information content (AvgIpc) is 2.53. The zero-order valence-electron chi connectivity index (χ0n) is 13.9. The molecular formula is C18H26N2O3. The smallest absolute Gasteiger partial charge is 0.244 e. The van der Waals surface area contributed by atoms with Crippen LogP contribution in [0.2, 0.25) is 0 Å². The van der Waals surface area contributed by atoms with Gasteiger partial charge >= 0.3 is 0 Å². The zero-order valence-corrected chi connectivity index (χ0v) is 13.9. The van der Waals surface area contributed by atoms with Crippen LogP contribution in [0.4, 0.5) is 5.69 Å². The summed E-state index contributed by atoms with van der Waals surface area (Å²) in [6.45, 7) is 5.67. The fraction of sp³-hybridized carbons (Fsp3) is 0.444. The number of nitrogens with one attached hydrogen (secondary N) is 2. The minimum absolute atomic E-state index is 0.105. The number of rotatable bonds is 10. The number of unbranched alkanes of at least 4 members (excludes halogenated alkanes) is 1. The summed E-state index contributed by atoms with van der Waals surface area (Å²) in [6.07, 6.45) is 6.27. The summed E-state index contributed by atoms with van der Waals surface area (Å²) in [7, 11) is 0. The summed E-state index contributed by atoms with van der Waals surface area (Å²) in [5, 5.41) is 5.51. The molecule has 0 fully saturated rings. The first-order valence-corrected chi connectivity index (χ1v) is 8.03. The van der Waals surface area contributed by atoms with Crippen LogP contribution in [0.3, 0.4) is 0 Å². The van der Waals surface area contributed by atoms with Crippen molar-refractivity contribution in [3.05, 3.63) is 35.9 Å². The Balaban J connectivity index is 2.23. The molecule has 0 bridgehead atoms.